The summed E-state index contributed by atoms with van der Waals surface area (Å²) in [5.74, 6) is 0.105. The van der Waals surface area contributed by atoms with Crippen LogP contribution in [0.1, 0.15) is 12.8 Å². The van der Waals surface area contributed by atoms with Crippen LogP contribution < -0.4 is 5.32 Å². The third-order valence-electron chi connectivity index (χ3n) is 3.71. The highest BCUT2D eigenvalue weighted by Gasteiger charge is 2.33. The average molecular weight is 279 g/mol. The monoisotopic (exact) mass is 279 g/mol. The van der Waals surface area contributed by atoms with Gasteiger partial charge in [-0.05, 0) is 19.4 Å². The maximum absolute atomic E-state index is 12.3. The molecule has 110 valence electrons. The fraction of sp³-hybridized carbons (Fsp3) is 0.917. The highest BCUT2D eigenvalue weighted by molar-refractivity contribution is 5.79. The van der Waals surface area contributed by atoms with E-state index in [9.17, 15) is 18.0 Å². The summed E-state index contributed by atoms with van der Waals surface area (Å²) in [5, 5.41) is 3.14. The van der Waals surface area contributed by atoms with Crippen LogP contribution in [0.4, 0.5) is 13.2 Å². The maximum atomic E-state index is 12.3. The second kappa shape index (κ2) is 6.09. The lowest BCUT2D eigenvalue weighted by atomic mass is 10.1. The highest BCUT2D eigenvalue weighted by Crippen LogP contribution is 2.18. The lowest BCUT2D eigenvalue weighted by Crippen LogP contribution is -2.41. The molecule has 2 rings (SSSR count). The number of halogens is 3. The van der Waals surface area contributed by atoms with Gasteiger partial charge in [0, 0.05) is 32.7 Å². The van der Waals surface area contributed by atoms with Crippen LogP contribution in [0.5, 0.6) is 0 Å². The fourth-order valence-corrected chi connectivity index (χ4v) is 2.73. The quantitative estimate of drug-likeness (QED) is 0.808. The standard InChI is InChI=1S/C12H20F3N3O/c13-12(14,15)9-17-4-1-5-18(7-6-17)11(19)10-2-3-16-8-10/h10,16H,1-9H2. The summed E-state index contributed by atoms with van der Waals surface area (Å²) in [5.41, 5.74) is 0. The Bertz CT molecular complexity index is 316. The summed E-state index contributed by atoms with van der Waals surface area (Å²) in [7, 11) is 0. The second-order valence-corrected chi connectivity index (χ2v) is 5.26. The Morgan fingerprint density at radius 1 is 1.21 bits per heavy atom. The number of carbonyl (C=O) groups excluding carboxylic acids is 1. The van der Waals surface area contributed by atoms with E-state index >= 15 is 0 Å². The van der Waals surface area contributed by atoms with Gasteiger partial charge in [-0.25, -0.2) is 0 Å². The van der Waals surface area contributed by atoms with Crippen molar-refractivity contribution in [1.82, 2.24) is 15.1 Å². The lowest BCUT2D eigenvalue weighted by Gasteiger charge is -2.24. The van der Waals surface area contributed by atoms with Crippen molar-refractivity contribution in [3.05, 3.63) is 0 Å². The van der Waals surface area contributed by atoms with Crippen molar-refractivity contribution in [1.29, 1.82) is 0 Å². The Balaban J connectivity index is 1.84. The van der Waals surface area contributed by atoms with E-state index in [4.69, 9.17) is 0 Å². The highest BCUT2D eigenvalue weighted by atomic mass is 19.4. The van der Waals surface area contributed by atoms with E-state index < -0.39 is 12.7 Å². The number of carbonyl (C=O) groups is 1. The molecule has 0 aromatic carbocycles. The summed E-state index contributed by atoms with van der Waals surface area (Å²) in [6.07, 6.45) is -2.71. The van der Waals surface area contributed by atoms with Crippen molar-refractivity contribution in [2.45, 2.75) is 19.0 Å². The van der Waals surface area contributed by atoms with Crippen LogP contribution >= 0.6 is 0 Å². The molecule has 7 heteroatoms. The Hall–Kier alpha value is -0.820. The minimum Gasteiger partial charge on any atom is -0.341 e. The summed E-state index contributed by atoms with van der Waals surface area (Å²) in [6, 6.07) is 0. The van der Waals surface area contributed by atoms with Gasteiger partial charge in [0.25, 0.3) is 0 Å². The van der Waals surface area contributed by atoms with Crippen molar-refractivity contribution < 1.29 is 18.0 Å². The van der Waals surface area contributed by atoms with Gasteiger partial charge in [-0.2, -0.15) is 13.2 Å². The molecule has 2 aliphatic heterocycles. The normalized spacial score (nSPS) is 26.5. The van der Waals surface area contributed by atoms with E-state index in [1.165, 1.54) is 4.90 Å². The zero-order valence-corrected chi connectivity index (χ0v) is 10.9. The molecule has 2 saturated heterocycles. The topological polar surface area (TPSA) is 35.6 Å². The van der Waals surface area contributed by atoms with Gasteiger partial charge in [-0.15, -0.1) is 0 Å². The molecule has 0 bridgehead atoms. The van der Waals surface area contributed by atoms with E-state index in [0.29, 0.717) is 39.1 Å². The molecule has 1 unspecified atom stereocenters. The first-order chi connectivity index (χ1) is 8.96. The molecule has 0 saturated carbocycles. The van der Waals surface area contributed by atoms with Gasteiger partial charge in [0.05, 0.1) is 12.5 Å². The summed E-state index contributed by atoms with van der Waals surface area (Å²) >= 11 is 0. The molecule has 0 aromatic rings. The SMILES string of the molecule is O=C(C1CCNC1)N1CCCN(CC(F)(F)F)CC1. The molecule has 1 N–H and O–H groups in total. The third kappa shape index (κ3) is 4.35. The molecule has 2 aliphatic rings. The van der Waals surface area contributed by atoms with Crippen molar-refractivity contribution in [2.75, 3.05) is 45.8 Å². The van der Waals surface area contributed by atoms with Crippen LogP contribution in [0.2, 0.25) is 0 Å². The molecule has 1 atom stereocenters. The molecular formula is C12H20F3N3O. The first-order valence-corrected chi connectivity index (χ1v) is 6.74. The van der Waals surface area contributed by atoms with Crippen molar-refractivity contribution in [2.24, 2.45) is 5.92 Å². The van der Waals surface area contributed by atoms with Crippen LogP contribution in [0.15, 0.2) is 0 Å². The molecule has 0 spiro atoms. The van der Waals surface area contributed by atoms with Crippen LogP contribution in [0.25, 0.3) is 0 Å². The number of amides is 1. The third-order valence-corrected chi connectivity index (χ3v) is 3.71. The molecule has 2 fully saturated rings. The Morgan fingerprint density at radius 2 is 2.00 bits per heavy atom. The molecule has 19 heavy (non-hydrogen) atoms. The van der Waals surface area contributed by atoms with E-state index in [1.54, 1.807) is 4.90 Å². The number of hydrogen-bond acceptors (Lipinski definition) is 3. The van der Waals surface area contributed by atoms with Crippen molar-refractivity contribution in [3.8, 4) is 0 Å². The average Bonchev–Trinajstić information content (AvgIpc) is 2.75. The molecule has 0 radical (unpaired) electrons. The summed E-state index contributed by atoms with van der Waals surface area (Å²) in [4.78, 5) is 15.3. The number of hydrogen-bond donors (Lipinski definition) is 1. The summed E-state index contributed by atoms with van der Waals surface area (Å²) in [6.45, 7) is 2.37. The molecule has 0 aliphatic carbocycles. The first kappa shape index (κ1) is 14.6. The molecule has 1 amide bonds. The van der Waals surface area contributed by atoms with E-state index in [1.807, 2.05) is 0 Å². The van der Waals surface area contributed by atoms with Gasteiger partial charge >= 0.3 is 6.18 Å². The fourth-order valence-electron chi connectivity index (χ4n) is 2.73. The zero-order chi connectivity index (χ0) is 13.9. The minimum absolute atomic E-state index is 0.00849. The van der Waals surface area contributed by atoms with Gasteiger partial charge < -0.3 is 10.2 Å². The smallest absolute Gasteiger partial charge is 0.341 e. The predicted octanol–water partition coefficient (Wildman–Crippen LogP) is 0.692. The summed E-state index contributed by atoms with van der Waals surface area (Å²) < 4.78 is 37.0. The van der Waals surface area contributed by atoms with Crippen molar-refractivity contribution >= 4 is 5.91 Å². The zero-order valence-electron chi connectivity index (χ0n) is 10.9. The molecule has 4 nitrogen and oxygen atoms in total. The maximum Gasteiger partial charge on any atom is 0.401 e. The van der Waals surface area contributed by atoms with E-state index in [-0.39, 0.29) is 11.8 Å². The predicted molar refractivity (Wildman–Crippen MR) is 64.7 cm³/mol. The second-order valence-electron chi connectivity index (χ2n) is 5.26. The van der Waals surface area contributed by atoms with Crippen LogP contribution in [0, 0.1) is 5.92 Å². The number of alkyl halides is 3. The van der Waals surface area contributed by atoms with Gasteiger partial charge in [0.15, 0.2) is 0 Å². The number of rotatable bonds is 2. The minimum atomic E-state index is -4.16. The Kier molecular flexibility index (Phi) is 4.67. The lowest BCUT2D eigenvalue weighted by molar-refractivity contribution is -0.145. The number of nitrogens with zero attached hydrogens (tertiary/aromatic N) is 2. The van der Waals surface area contributed by atoms with Crippen LogP contribution in [-0.2, 0) is 4.79 Å². The molecule has 0 aromatic heterocycles. The van der Waals surface area contributed by atoms with E-state index in [2.05, 4.69) is 5.32 Å². The van der Waals surface area contributed by atoms with Crippen molar-refractivity contribution in [3.63, 3.8) is 0 Å². The van der Waals surface area contributed by atoms with Crippen LogP contribution in [0.3, 0.4) is 0 Å². The Morgan fingerprint density at radius 3 is 2.63 bits per heavy atom. The van der Waals surface area contributed by atoms with E-state index in [0.717, 1.165) is 13.0 Å². The molecular weight excluding hydrogens is 259 g/mol. The van der Waals surface area contributed by atoms with Gasteiger partial charge in [0.1, 0.15) is 0 Å². The van der Waals surface area contributed by atoms with Crippen LogP contribution in [-0.4, -0.2) is 67.7 Å². The first-order valence-electron chi connectivity index (χ1n) is 6.74. The Labute approximate surface area is 110 Å². The van der Waals surface area contributed by atoms with Gasteiger partial charge in [-0.1, -0.05) is 0 Å². The number of nitrogens with one attached hydrogen (secondary N) is 1. The van der Waals surface area contributed by atoms with Gasteiger partial charge in [-0.3, -0.25) is 9.69 Å². The van der Waals surface area contributed by atoms with Gasteiger partial charge in [0.2, 0.25) is 5.91 Å². The largest absolute Gasteiger partial charge is 0.401 e. The molecule has 2 heterocycles.